The van der Waals surface area contributed by atoms with Gasteiger partial charge in [0.25, 0.3) is 11.6 Å². The summed E-state index contributed by atoms with van der Waals surface area (Å²) in [4.78, 5) is 23.5. The third kappa shape index (κ3) is 3.42. The lowest BCUT2D eigenvalue weighted by Crippen LogP contribution is -2.10. The zero-order valence-electron chi connectivity index (χ0n) is 15.0. The number of rotatable bonds is 4. The summed E-state index contributed by atoms with van der Waals surface area (Å²) < 4.78 is 0. The van der Waals surface area contributed by atoms with E-state index in [1.54, 1.807) is 24.3 Å². The van der Waals surface area contributed by atoms with Gasteiger partial charge in [-0.3, -0.25) is 14.9 Å². The van der Waals surface area contributed by atoms with Crippen LogP contribution in [0.4, 0.5) is 17.1 Å². The van der Waals surface area contributed by atoms with Crippen molar-refractivity contribution in [2.45, 2.75) is 0 Å². The summed E-state index contributed by atoms with van der Waals surface area (Å²) >= 11 is 0. The minimum absolute atomic E-state index is 0.0939. The fourth-order valence-electron chi connectivity index (χ4n) is 3.17. The molecule has 0 aliphatic carbocycles. The van der Waals surface area contributed by atoms with Crippen LogP contribution in [0.2, 0.25) is 0 Å². The van der Waals surface area contributed by atoms with Crippen LogP contribution in [-0.4, -0.2) is 10.8 Å². The Hall–Kier alpha value is -4.44. The Morgan fingerprint density at radius 2 is 1.76 bits per heavy atom. The number of fused-ring (bicyclic) bond motifs is 1. The van der Waals surface area contributed by atoms with Gasteiger partial charge in [-0.2, -0.15) is 5.26 Å². The number of anilines is 2. The van der Waals surface area contributed by atoms with Gasteiger partial charge in [0.2, 0.25) is 0 Å². The van der Waals surface area contributed by atoms with E-state index in [2.05, 4.69) is 16.7 Å². The highest BCUT2D eigenvalue weighted by molar-refractivity contribution is 6.37. The Labute approximate surface area is 166 Å². The van der Waals surface area contributed by atoms with E-state index in [9.17, 15) is 14.9 Å². The molecule has 1 aliphatic rings. The first-order valence-corrected chi connectivity index (χ1v) is 8.74. The lowest BCUT2D eigenvalue weighted by Gasteiger charge is -2.14. The fourth-order valence-corrected chi connectivity index (χ4v) is 3.17. The number of nitro groups is 1. The average Bonchev–Trinajstić information content (AvgIpc) is 3.07. The van der Waals surface area contributed by atoms with Crippen molar-refractivity contribution < 1.29 is 9.72 Å². The molecule has 0 atom stereocenters. The van der Waals surface area contributed by atoms with Gasteiger partial charge in [0, 0.05) is 29.1 Å². The second-order valence-electron chi connectivity index (χ2n) is 6.37. The molecule has 0 unspecified atom stereocenters. The highest BCUT2D eigenvalue weighted by Crippen LogP contribution is 2.39. The molecule has 0 bridgehead atoms. The van der Waals surface area contributed by atoms with Gasteiger partial charge in [-0.25, -0.2) is 0 Å². The molecule has 0 saturated carbocycles. The van der Waals surface area contributed by atoms with Gasteiger partial charge in [0.15, 0.2) is 0 Å². The summed E-state index contributed by atoms with van der Waals surface area (Å²) in [5, 5.41) is 26.2. The van der Waals surface area contributed by atoms with E-state index < -0.39 is 4.92 Å². The van der Waals surface area contributed by atoms with Crippen LogP contribution >= 0.6 is 0 Å². The van der Waals surface area contributed by atoms with Crippen LogP contribution in [0.15, 0.2) is 72.8 Å². The summed E-state index contributed by atoms with van der Waals surface area (Å²) in [5.41, 5.74) is 3.68. The molecule has 7 heteroatoms. The molecule has 7 nitrogen and oxygen atoms in total. The lowest BCUT2D eigenvalue weighted by atomic mass is 9.99. The van der Waals surface area contributed by atoms with Crippen molar-refractivity contribution in [2.75, 3.05) is 10.6 Å². The highest BCUT2D eigenvalue weighted by atomic mass is 16.6. The quantitative estimate of drug-likeness (QED) is 0.395. The summed E-state index contributed by atoms with van der Waals surface area (Å²) in [6.45, 7) is 0. The Morgan fingerprint density at radius 1 is 1.03 bits per heavy atom. The third-order valence-corrected chi connectivity index (χ3v) is 4.55. The van der Waals surface area contributed by atoms with Gasteiger partial charge in [0.1, 0.15) is 0 Å². The first-order chi connectivity index (χ1) is 14.1. The minimum Gasteiger partial charge on any atom is -0.354 e. The Bertz CT molecular complexity index is 1190. The number of benzene rings is 3. The fraction of sp³-hybridized carbons (Fsp3) is 0. The zero-order valence-corrected chi connectivity index (χ0v) is 15.0. The molecule has 0 spiro atoms. The molecule has 2 N–H and O–H groups in total. The van der Waals surface area contributed by atoms with Crippen LogP contribution in [0.25, 0.3) is 11.3 Å². The van der Waals surface area contributed by atoms with E-state index in [-0.39, 0.29) is 11.6 Å². The van der Waals surface area contributed by atoms with Crippen molar-refractivity contribution in [1.29, 1.82) is 5.26 Å². The minimum atomic E-state index is -0.489. The van der Waals surface area contributed by atoms with Crippen LogP contribution in [-0.2, 0) is 4.79 Å². The molecule has 29 heavy (non-hydrogen) atoms. The molecule has 3 aromatic rings. The van der Waals surface area contributed by atoms with Gasteiger partial charge in [-0.05, 0) is 35.9 Å². The molecular formula is C22H14N4O3. The third-order valence-electron chi connectivity index (χ3n) is 4.55. The monoisotopic (exact) mass is 382 g/mol. The van der Waals surface area contributed by atoms with Crippen LogP contribution in [0.5, 0.6) is 0 Å². The van der Waals surface area contributed by atoms with Crippen LogP contribution in [0.3, 0.4) is 0 Å². The number of nitro benzene ring substituents is 1. The van der Waals surface area contributed by atoms with Crippen LogP contribution < -0.4 is 10.6 Å². The summed E-state index contributed by atoms with van der Waals surface area (Å²) in [5.74, 6) is -0.347. The van der Waals surface area contributed by atoms with E-state index in [0.29, 0.717) is 33.8 Å². The Balaban J connectivity index is 1.90. The highest BCUT2D eigenvalue weighted by Gasteiger charge is 2.30. The van der Waals surface area contributed by atoms with Gasteiger partial charge < -0.3 is 10.6 Å². The maximum Gasteiger partial charge on any atom is 0.270 e. The number of carbonyl (C=O) groups excluding carboxylic acids is 1. The predicted octanol–water partition coefficient (Wildman–Crippen LogP) is 4.40. The second-order valence-corrected chi connectivity index (χ2v) is 6.37. The first kappa shape index (κ1) is 17.9. The van der Waals surface area contributed by atoms with E-state index in [0.717, 1.165) is 5.56 Å². The summed E-state index contributed by atoms with van der Waals surface area (Å²) in [7, 11) is 0. The molecule has 3 aromatic carbocycles. The SMILES string of the molecule is N#Cc1ccc(NC(=C2C(=O)Nc3ccc([N+](=O)[O-])cc32)c2ccccc2)cc1. The molecule has 0 aromatic heterocycles. The molecule has 1 amide bonds. The number of amides is 1. The maximum atomic E-state index is 12.8. The summed E-state index contributed by atoms with van der Waals surface area (Å²) in [6.07, 6.45) is 0. The molecular weight excluding hydrogens is 368 g/mol. The number of hydrogen-bond acceptors (Lipinski definition) is 5. The molecule has 4 rings (SSSR count). The van der Waals surface area contributed by atoms with E-state index in [4.69, 9.17) is 5.26 Å². The van der Waals surface area contributed by atoms with Gasteiger partial charge in [-0.15, -0.1) is 0 Å². The van der Waals surface area contributed by atoms with Crippen molar-refractivity contribution in [1.82, 2.24) is 0 Å². The molecule has 0 saturated heterocycles. The van der Waals surface area contributed by atoms with E-state index in [1.807, 2.05) is 30.3 Å². The van der Waals surface area contributed by atoms with Crippen LogP contribution in [0, 0.1) is 21.4 Å². The van der Waals surface area contributed by atoms with Gasteiger partial charge in [0.05, 0.1) is 27.8 Å². The Kier molecular flexibility index (Phi) is 4.51. The average molecular weight is 382 g/mol. The molecule has 0 fully saturated rings. The predicted molar refractivity (Wildman–Crippen MR) is 110 cm³/mol. The van der Waals surface area contributed by atoms with Crippen LogP contribution in [0.1, 0.15) is 16.7 Å². The number of nitrogens with one attached hydrogen (secondary N) is 2. The summed E-state index contributed by atoms with van der Waals surface area (Å²) in [6, 6.07) is 22.4. The standard InChI is InChI=1S/C22H14N4O3/c23-13-14-6-8-16(9-7-14)24-21(15-4-2-1-3-5-15)20-18-12-17(26(28)29)10-11-19(18)25-22(20)27/h1-12,24H,(H,25,27). The number of non-ortho nitro benzene ring substituents is 1. The number of nitrogens with zero attached hydrogens (tertiary/aromatic N) is 2. The second kappa shape index (κ2) is 7.29. The van der Waals surface area contributed by atoms with Crippen molar-refractivity contribution in [3.05, 3.63) is 99.6 Å². The lowest BCUT2D eigenvalue weighted by molar-refractivity contribution is -0.384. The van der Waals surface area contributed by atoms with Crippen molar-refractivity contribution in [3.8, 4) is 6.07 Å². The largest absolute Gasteiger partial charge is 0.354 e. The van der Waals surface area contributed by atoms with Gasteiger partial charge >= 0.3 is 0 Å². The van der Waals surface area contributed by atoms with Gasteiger partial charge in [-0.1, -0.05) is 30.3 Å². The number of hydrogen-bond donors (Lipinski definition) is 2. The molecule has 140 valence electrons. The Morgan fingerprint density at radius 3 is 2.41 bits per heavy atom. The number of carbonyl (C=O) groups is 1. The number of nitriles is 1. The topological polar surface area (TPSA) is 108 Å². The normalized spacial score (nSPS) is 13.8. The zero-order chi connectivity index (χ0) is 20.4. The first-order valence-electron chi connectivity index (χ1n) is 8.74. The van der Waals surface area contributed by atoms with Crippen molar-refractivity contribution in [2.24, 2.45) is 0 Å². The molecule has 0 radical (unpaired) electrons. The van der Waals surface area contributed by atoms with E-state index >= 15 is 0 Å². The molecule has 1 heterocycles. The van der Waals surface area contributed by atoms with E-state index in [1.165, 1.54) is 18.2 Å². The van der Waals surface area contributed by atoms with Crippen molar-refractivity contribution in [3.63, 3.8) is 0 Å². The molecule has 1 aliphatic heterocycles. The van der Waals surface area contributed by atoms with Crippen molar-refractivity contribution >= 4 is 34.2 Å². The smallest absolute Gasteiger partial charge is 0.270 e. The maximum absolute atomic E-state index is 12.8.